The number of benzene rings is 1. The molecule has 0 radical (unpaired) electrons. The van der Waals surface area contributed by atoms with Crippen LogP contribution >= 0.6 is 0 Å². The molecule has 1 aliphatic carbocycles. The molecule has 1 aromatic carbocycles. The van der Waals surface area contributed by atoms with Crippen molar-refractivity contribution >= 4 is 17.9 Å². The van der Waals surface area contributed by atoms with Crippen molar-refractivity contribution in [1.82, 2.24) is 9.97 Å². The number of carbonyl (C=O) groups is 1. The molecule has 130 valence electrons. The number of anilines is 2. The fourth-order valence-electron chi connectivity index (χ4n) is 3.58. The molecule has 1 amide bonds. The number of rotatable bonds is 5. The highest BCUT2D eigenvalue weighted by Gasteiger charge is 2.35. The van der Waals surface area contributed by atoms with E-state index in [-0.39, 0.29) is 12.1 Å². The number of hydrogen-bond acceptors (Lipinski definition) is 5. The second kappa shape index (κ2) is 7.09. The van der Waals surface area contributed by atoms with E-state index in [4.69, 9.17) is 4.74 Å². The molecular formula is C19H22N4O2. The molecular weight excluding hydrogens is 316 g/mol. The van der Waals surface area contributed by atoms with Gasteiger partial charge in [-0.25, -0.2) is 9.78 Å². The molecule has 1 atom stereocenters. The molecule has 1 saturated heterocycles. The third-order valence-electron chi connectivity index (χ3n) is 4.85. The van der Waals surface area contributed by atoms with Crippen LogP contribution in [0.3, 0.4) is 0 Å². The Labute approximate surface area is 147 Å². The normalized spacial score (nSPS) is 20.7. The molecule has 1 unspecified atom stereocenters. The Hall–Kier alpha value is -2.63. The quantitative estimate of drug-likeness (QED) is 0.905. The highest BCUT2D eigenvalue weighted by atomic mass is 16.6. The summed E-state index contributed by atoms with van der Waals surface area (Å²) in [5.74, 6) is 1.18. The Bertz CT molecular complexity index is 731. The van der Waals surface area contributed by atoms with Gasteiger partial charge in [0.25, 0.3) is 0 Å². The summed E-state index contributed by atoms with van der Waals surface area (Å²) in [6, 6.07) is 12.3. The number of amides is 1. The number of aromatic nitrogens is 2. The van der Waals surface area contributed by atoms with E-state index >= 15 is 0 Å². The first-order chi connectivity index (χ1) is 12.3. The summed E-state index contributed by atoms with van der Waals surface area (Å²) in [6.45, 7) is 0.378. The molecule has 25 heavy (non-hydrogen) atoms. The number of nitrogens with one attached hydrogen (secondary N) is 1. The fraction of sp³-hybridized carbons (Fsp3) is 0.421. The molecule has 1 N–H and O–H groups in total. The molecule has 1 aromatic heterocycles. The highest BCUT2D eigenvalue weighted by molar-refractivity contribution is 5.89. The molecule has 6 nitrogen and oxygen atoms in total. The van der Waals surface area contributed by atoms with Gasteiger partial charge in [0.05, 0.1) is 6.04 Å². The maximum absolute atomic E-state index is 12.3. The molecule has 2 heterocycles. The predicted octanol–water partition coefficient (Wildman–Crippen LogP) is 3.40. The number of cyclic esters (lactones) is 1. The predicted molar refractivity (Wildman–Crippen MR) is 95.7 cm³/mol. The Balaban J connectivity index is 1.52. The lowest BCUT2D eigenvalue weighted by atomic mass is 10.1. The Morgan fingerprint density at radius 3 is 2.76 bits per heavy atom. The second-order valence-electron chi connectivity index (χ2n) is 6.65. The lowest BCUT2D eigenvalue weighted by molar-refractivity contribution is 0.178. The largest absolute Gasteiger partial charge is 0.447 e. The van der Waals surface area contributed by atoms with Crippen molar-refractivity contribution in [2.75, 3.05) is 16.8 Å². The van der Waals surface area contributed by atoms with Crippen LogP contribution in [0.2, 0.25) is 0 Å². The summed E-state index contributed by atoms with van der Waals surface area (Å²) >= 11 is 0. The van der Waals surface area contributed by atoms with Crippen LogP contribution in [0.15, 0.2) is 42.6 Å². The van der Waals surface area contributed by atoms with E-state index < -0.39 is 0 Å². The van der Waals surface area contributed by atoms with E-state index in [1.807, 2.05) is 18.2 Å². The summed E-state index contributed by atoms with van der Waals surface area (Å²) in [5, 5.41) is 3.38. The maximum atomic E-state index is 12.3. The van der Waals surface area contributed by atoms with Crippen molar-refractivity contribution in [3.8, 4) is 0 Å². The first-order valence-electron chi connectivity index (χ1n) is 8.89. The summed E-state index contributed by atoms with van der Waals surface area (Å²) in [7, 11) is 0. The number of nitrogens with zero attached hydrogens (tertiary/aromatic N) is 3. The Morgan fingerprint density at radius 2 is 1.96 bits per heavy atom. The van der Waals surface area contributed by atoms with Gasteiger partial charge in [-0.3, -0.25) is 4.90 Å². The van der Waals surface area contributed by atoms with Crippen molar-refractivity contribution in [2.45, 2.75) is 44.2 Å². The van der Waals surface area contributed by atoms with Gasteiger partial charge in [-0.15, -0.1) is 0 Å². The maximum Gasteiger partial charge on any atom is 0.415 e. The topological polar surface area (TPSA) is 67.3 Å². The van der Waals surface area contributed by atoms with Crippen molar-refractivity contribution in [2.24, 2.45) is 0 Å². The van der Waals surface area contributed by atoms with Crippen molar-refractivity contribution < 1.29 is 9.53 Å². The molecule has 2 aromatic rings. The molecule has 2 fully saturated rings. The van der Waals surface area contributed by atoms with Crippen LogP contribution in [-0.2, 0) is 11.2 Å². The van der Waals surface area contributed by atoms with Gasteiger partial charge in [0.2, 0.25) is 5.95 Å². The van der Waals surface area contributed by atoms with Crippen molar-refractivity contribution in [3.05, 3.63) is 48.2 Å². The molecule has 0 spiro atoms. The van der Waals surface area contributed by atoms with Crippen LogP contribution in [0.1, 0.15) is 31.2 Å². The lowest BCUT2D eigenvalue weighted by Crippen LogP contribution is -2.36. The zero-order valence-corrected chi connectivity index (χ0v) is 14.1. The average molecular weight is 338 g/mol. The minimum absolute atomic E-state index is 0.0517. The summed E-state index contributed by atoms with van der Waals surface area (Å²) < 4.78 is 5.28. The number of hydrogen-bond donors (Lipinski definition) is 1. The second-order valence-corrected chi connectivity index (χ2v) is 6.65. The monoisotopic (exact) mass is 338 g/mol. The van der Waals surface area contributed by atoms with E-state index in [2.05, 4.69) is 27.4 Å². The Kier molecular flexibility index (Phi) is 4.50. The van der Waals surface area contributed by atoms with Crippen molar-refractivity contribution in [1.29, 1.82) is 0 Å². The standard InChI is InChI=1S/C19H22N4O2/c24-19-23(16(13-25-19)12-14-6-2-1-3-7-14)17-10-11-20-18(22-17)21-15-8-4-5-9-15/h1-3,6-7,10-11,15-16H,4-5,8-9,12-13H2,(H,20,21,22). The van der Waals surface area contributed by atoms with Crippen LogP contribution in [0.25, 0.3) is 0 Å². The minimum Gasteiger partial charge on any atom is -0.447 e. The van der Waals surface area contributed by atoms with Gasteiger partial charge < -0.3 is 10.1 Å². The van der Waals surface area contributed by atoms with Crippen LogP contribution in [0.4, 0.5) is 16.6 Å². The van der Waals surface area contributed by atoms with Gasteiger partial charge in [0, 0.05) is 12.2 Å². The van der Waals surface area contributed by atoms with Gasteiger partial charge in [-0.2, -0.15) is 4.98 Å². The smallest absolute Gasteiger partial charge is 0.415 e. The van der Waals surface area contributed by atoms with Crippen LogP contribution in [-0.4, -0.2) is 34.8 Å². The van der Waals surface area contributed by atoms with Crippen molar-refractivity contribution in [3.63, 3.8) is 0 Å². The zero-order valence-electron chi connectivity index (χ0n) is 14.1. The van der Waals surface area contributed by atoms with E-state index in [0.29, 0.717) is 24.4 Å². The molecule has 1 saturated carbocycles. The van der Waals surface area contributed by atoms with E-state index in [1.165, 1.54) is 18.4 Å². The summed E-state index contributed by atoms with van der Waals surface area (Å²) in [4.78, 5) is 22.8. The zero-order chi connectivity index (χ0) is 17.1. The average Bonchev–Trinajstić information content (AvgIpc) is 3.26. The lowest BCUT2D eigenvalue weighted by Gasteiger charge is -2.21. The van der Waals surface area contributed by atoms with E-state index in [0.717, 1.165) is 19.3 Å². The Morgan fingerprint density at radius 1 is 1.16 bits per heavy atom. The van der Waals surface area contributed by atoms with Gasteiger partial charge >= 0.3 is 6.09 Å². The SMILES string of the molecule is O=C1OCC(Cc2ccccc2)N1c1ccnc(NC2CCCC2)n1. The minimum atomic E-state index is -0.341. The molecule has 2 aliphatic rings. The first kappa shape index (κ1) is 15.9. The van der Waals surface area contributed by atoms with Gasteiger partial charge in [0.1, 0.15) is 12.4 Å². The van der Waals surface area contributed by atoms with E-state index in [1.54, 1.807) is 17.2 Å². The molecule has 0 bridgehead atoms. The first-order valence-corrected chi connectivity index (χ1v) is 8.89. The summed E-state index contributed by atoms with van der Waals surface area (Å²) in [6.07, 6.45) is 6.88. The molecule has 4 rings (SSSR count). The van der Waals surface area contributed by atoms with E-state index in [9.17, 15) is 4.79 Å². The highest BCUT2D eigenvalue weighted by Crippen LogP contribution is 2.25. The third kappa shape index (κ3) is 3.57. The molecule has 6 heteroatoms. The number of carbonyl (C=O) groups excluding carboxylic acids is 1. The van der Waals surface area contributed by atoms with Gasteiger partial charge in [-0.1, -0.05) is 43.2 Å². The molecule has 1 aliphatic heterocycles. The summed E-state index contributed by atoms with van der Waals surface area (Å²) in [5.41, 5.74) is 1.18. The third-order valence-corrected chi connectivity index (χ3v) is 4.85. The van der Waals surface area contributed by atoms with Gasteiger partial charge in [0.15, 0.2) is 0 Å². The van der Waals surface area contributed by atoms with Gasteiger partial charge in [-0.05, 0) is 30.9 Å². The van der Waals surface area contributed by atoms with Crippen LogP contribution in [0.5, 0.6) is 0 Å². The van der Waals surface area contributed by atoms with Crippen LogP contribution in [0, 0.1) is 0 Å². The fourth-order valence-corrected chi connectivity index (χ4v) is 3.58. The number of ether oxygens (including phenoxy) is 1. The van der Waals surface area contributed by atoms with Crippen LogP contribution < -0.4 is 10.2 Å².